The lowest BCUT2D eigenvalue weighted by Crippen LogP contribution is -2.07. The second-order valence-corrected chi connectivity index (χ2v) is 5.34. The normalized spacial score (nSPS) is 11.0. The molecule has 0 saturated carbocycles. The van der Waals surface area contributed by atoms with E-state index in [-0.39, 0.29) is 0 Å². The van der Waals surface area contributed by atoms with Gasteiger partial charge in [0, 0.05) is 30.1 Å². The number of hydrogen-bond acceptors (Lipinski definition) is 4. The zero-order chi connectivity index (χ0) is 15.6. The van der Waals surface area contributed by atoms with Crippen LogP contribution in [0.3, 0.4) is 0 Å². The maximum atomic E-state index is 4.71. The summed E-state index contributed by atoms with van der Waals surface area (Å²) in [6, 6.07) is 14.1. The Balaban J connectivity index is 1.77. The molecule has 0 fully saturated rings. The molecule has 3 heterocycles. The van der Waals surface area contributed by atoms with Gasteiger partial charge in [-0.15, -0.1) is 0 Å². The van der Waals surface area contributed by atoms with Gasteiger partial charge in [-0.3, -0.25) is 0 Å². The minimum atomic E-state index is 0.596. The molecule has 0 aliphatic carbocycles. The van der Waals surface area contributed by atoms with Crippen molar-refractivity contribution in [3.05, 3.63) is 66.4 Å². The fourth-order valence-electron chi connectivity index (χ4n) is 2.54. The molecule has 3 aromatic heterocycles. The zero-order valence-corrected chi connectivity index (χ0v) is 12.7. The molecule has 0 bridgehead atoms. The van der Waals surface area contributed by atoms with Crippen molar-refractivity contribution in [1.82, 2.24) is 24.6 Å². The topological polar surface area (TPSA) is 70.9 Å². The molecule has 2 N–H and O–H groups in total. The standard InChI is InChI=1S/C17H16N6/c1-12-9-17-21-14(13-5-3-2-4-6-13)10-16(23(17)22-12)20-11-15-18-7-8-19-15/h2-10,20H,11H2,1H3,(H,18,19). The van der Waals surface area contributed by atoms with Crippen molar-refractivity contribution in [3.63, 3.8) is 0 Å². The average Bonchev–Trinajstić information content (AvgIpc) is 3.21. The second-order valence-electron chi connectivity index (χ2n) is 5.34. The third-order valence-electron chi connectivity index (χ3n) is 3.61. The maximum Gasteiger partial charge on any atom is 0.158 e. The highest BCUT2D eigenvalue weighted by atomic mass is 15.3. The van der Waals surface area contributed by atoms with E-state index in [4.69, 9.17) is 4.98 Å². The Morgan fingerprint density at radius 3 is 2.83 bits per heavy atom. The van der Waals surface area contributed by atoms with E-state index < -0.39 is 0 Å². The molecule has 1 aromatic carbocycles. The highest BCUT2D eigenvalue weighted by molar-refractivity contribution is 5.66. The second kappa shape index (κ2) is 5.57. The van der Waals surface area contributed by atoms with Crippen LogP contribution in [-0.4, -0.2) is 24.6 Å². The SMILES string of the molecule is Cc1cc2nc(-c3ccccc3)cc(NCc3ncc[nH]3)n2n1. The molecule has 0 aliphatic rings. The first-order valence-corrected chi connectivity index (χ1v) is 7.44. The Labute approximate surface area is 133 Å². The van der Waals surface area contributed by atoms with Crippen LogP contribution in [0.1, 0.15) is 11.5 Å². The lowest BCUT2D eigenvalue weighted by Gasteiger charge is -2.09. The molecule has 6 nitrogen and oxygen atoms in total. The van der Waals surface area contributed by atoms with Crippen molar-refractivity contribution >= 4 is 11.5 Å². The minimum Gasteiger partial charge on any atom is -0.363 e. The first-order chi connectivity index (χ1) is 11.3. The van der Waals surface area contributed by atoms with Crippen LogP contribution in [0.25, 0.3) is 16.9 Å². The Hall–Kier alpha value is -3.15. The van der Waals surface area contributed by atoms with Crippen LogP contribution in [0.5, 0.6) is 0 Å². The number of nitrogens with one attached hydrogen (secondary N) is 2. The Morgan fingerprint density at radius 2 is 2.04 bits per heavy atom. The van der Waals surface area contributed by atoms with E-state index in [1.165, 1.54) is 0 Å². The molecule has 0 spiro atoms. The fraction of sp³-hybridized carbons (Fsp3) is 0.118. The summed E-state index contributed by atoms with van der Waals surface area (Å²) < 4.78 is 1.82. The van der Waals surface area contributed by atoms with Gasteiger partial charge in [0.15, 0.2) is 5.65 Å². The first kappa shape index (κ1) is 13.5. The maximum absolute atomic E-state index is 4.71. The van der Waals surface area contributed by atoms with Gasteiger partial charge in [-0.25, -0.2) is 9.97 Å². The summed E-state index contributed by atoms with van der Waals surface area (Å²) in [7, 11) is 0. The van der Waals surface area contributed by atoms with Crippen molar-refractivity contribution in [1.29, 1.82) is 0 Å². The van der Waals surface area contributed by atoms with Crippen LogP contribution in [0.15, 0.2) is 54.9 Å². The number of aryl methyl sites for hydroxylation is 1. The Morgan fingerprint density at radius 1 is 1.17 bits per heavy atom. The van der Waals surface area contributed by atoms with Crippen LogP contribution in [0.4, 0.5) is 5.82 Å². The highest BCUT2D eigenvalue weighted by Gasteiger charge is 2.09. The zero-order valence-electron chi connectivity index (χ0n) is 12.7. The van der Waals surface area contributed by atoms with E-state index in [1.54, 1.807) is 6.20 Å². The lowest BCUT2D eigenvalue weighted by molar-refractivity contribution is 0.895. The van der Waals surface area contributed by atoms with Crippen LogP contribution in [-0.2, 0) is 6.54 Å². The number of anilines is 1. The molecule has 4 aromatic rings. The molecule has 0 aliphatic heterocycles. The van der Waals surface area contributed by atoms with Crippen LogP contribution in [0, 0.1) is 6.92 Å². The summed E-state index contributed by atoms with van der Waals surface area (Å²) in [5.41, 5.74) is 3.75. The summed E-state index contributed by atoms with van der Waals surface area (Å²) in [6.07, 6.45) is 3.55. The monoisotopic (exact) mass is 304 g/mol. The average molecular weight is 304 g/mol. The van der Waals surface area contributed by atoms with E-state index in [0.717, 1.165) is 34.2 Å². The van der Waals surface area contributed by atoms with E-state index >= 15 is 0 Å². The van der Waals surface area contributed by atoms with Gasteiger partial charge in [-0.1, -0.05) is 30.3 Å². The summed E-state index contributed by atoms with van der Waals surface area (Å²) in [6.45, 7) is 2.56. The lowest BCUT2D eigenvalue weighted by atomic mass is 10.1. The van der Waals surface area contributed by atoms with Crippen molar-refractivity contribution in [2.24, 2.45) is 0 Å². The molecule has 0 amide bonds. The van der Waals surface area contributed by atoms with Gasteiger partial charge < -0.3 is 10.3 Å². The molecule has 0 atom stereocenters. The van der Waals surface area contributed by atoms with E-state index in [9.17, 15) is 0 Å². The molecular weight excluding hydrogens is 288 g/mol. The number of nitrogens with zero attached hydrogens (tertiary/aromatic N) is 4. The number of hydrogen-bond donors (Lipinski definition) is 2. The van der Waals surface area contributed by atoms with E-state index in [2.05, 4.69) is 32.5 Å². The Bertz CT molecular complexity index is 925. The number of fused-ring (bicyclic) bond motifs is 1. The summed E-state index contributed by atoms with van der Waals surface area (Å²) in [5.74, 6) is 1.76. The number of H-pyrrole nitrogens is 1. The third kappa shape index (κ3) is 2.66. The van der Waals surface area contributed by atoms with Crippen LogP contribution >= 0.6 is 0 Å². The van der Waals surface area contributed by atoms with Crippen LogP contribution in [0.2, 0.25) is 0 Å². The van der Waals surface area contributed by atoms with Crippen molar-refractivity contribution in [3.8, 4) is 11.3 Å². The van der Waals surface area contributed by atoms with Crippen molar-refractivity contribution in [2.45, 2.75) is 13.5 Å². The Kier molecular flexibility index (Phi) is 3.27. The number of benzene rings is 1. The molecule has 0 saturated heterocycles. The van der Waals surface area contributed by atoms with Gasteiger partial charge in [0.05, 0.1) is 17.9 Å². The number of aromatic nitrogens is 5. The molecule has 0 radical (unpaired) electrons. The van der Waals surface area contributed by atoms with Crippen LogP contribution < -0.4 is 5.32 Å². The highest BCUT2D eigenvalue weighted by Crippen LogP contribution is 2.22. The van der Waals surface area contributed by atoms with Crippen molar-refractivity contribution in [2.75, 3.05) is 5.32 Å². The first-order valence-electron chi connectivity index (χ1n) is 7.44. The fourth-order valence-corrected chi connectivity index (χ4v) is 2.54. The number of imidazole rings is 1. The predicted octanol–water partition coefficient (Wildman–Crippen LogP) is 3.04. The van der Waals surface area contributed by atoms with Gasteiger partial charge in [-0.2, -0.15) is 9.61 Å². The summed E-state index contributed by atoms with van der Waals surface area (Å²) >= 11 is 0. The summed E-state index contributed by atoms with van der Waals surface area (Å²) in [4.78, 5) is 12.0. The number of rotatable bonds is 4. The van der Waals surface area contributed by atoms with E-state index in [0.29, 0.717) is 6.54 Å². The molecule has 6 heteroatoms. The minimum absolute atomic E-state index is 0.596. The van der Waals surface area contributed by atoms with Crippen molar-refractivity contribution < 1.29 is 0 Å². The van der Waals surface area contributed by atoms with Gasteiger partial charge >= 0.3 is 0 Å². The molecule has 23 heavy (non-hydrogen) atoms. The summed E-state index contributed by atoms with van der Waals surface area (Å²) in [5, 5.41) is 7.89. The smallest absolute Gasteiger partial charge is 0.158 e. The van der Waals surface area contributed by atoms with Gasteiger partial charge in [0.2, 0.25) is 0 Å². The largest absolute Gasteiger partial charge is 0.363 e. The van der Waals surface area contributed by atoms with Gasteiger partial charge in [0.1, 0.15) is 11.6 Å². The van der Waals surface area contributed by atoms with Gasteiger partial charge in [0.25, 0.3) is 0 Å². The third-order valence-corrected chi connectivity index (χ3v) is 3.61. The molecule has 114 valence electrons. The predicted molar refractivity (Wildman–Crippen MR) is 89.1 cm³/mol. The van der Waals surface area contributed by atoms with E-state index in [1.807, 2.05) is 48.0 Å². The number of aromatic amines is 1. The molecular formula is C17H16N6. The quantitative estimate of drug-likeness (QED) is 0.608. The molecule has 0 unspecified atom stereocenters. The van der Waals surface area contributed by atoms with Gasteiger partial charge in [-0.05, 0) is 6.92 Å². The molecule has 4 rings (SSSR count).